The van der Waals surface area contributed by atoms with Crippen LogP contribution in [0, 0.1) is 0 Å². The molecule has 0 radical (unpaired) electrons. The van der Waals surface area contributed by atoms with Crippen LogP contribution >= 0.6 is 0 Å². The zero-order valence-electron chi connectivity index (χ0n) is 14.3. The van der Waals surface area contributed by atoms with Crippen molar-refractivity contribution in [3.63, 3.8) is 0 Å². The molecule has 24 heavy (non-hydrogen) atoms. The molecule has 0 aromatic heterocycles. The van der Waals surface area contributed by atoms with Gasteiger partial charge in [-0.3, -0.25) is 4.79 Å². The van der Waals surface area contributed by atoms with Crippen LogP contribution in [0.15, 0.2) is 0 Å². The fraction of sp³-hybridized carbons (Fsp3) is 0.812. The number of nitrogens with zero attached hydrogens (tertiary/aromatic N) is 1. The summed E-state index contributed by atoms with van der Waals surface area (Å²) < 4.78 is 5.16. The van der Waals surface area contributed by atoms with Gasteiger partial charge in [0.15, 0.2) is 0 Å². The number of hydrogen-bond acceptors (Lipinski definition) is 5. The summed E-state index contributed by atoms with van der Waals surface area (Å²) in [4.78, 5) is 37.6. The number of aliphatic carboxylic acids is 1. The molecule has 0 bridgehead atoms. The van der Waals surface area contributed by atoms with Gasteiger partial charge < -0.3 is 25.2 Å². The number of aliphatic hydroxyl groups is 1. The van der Waals surface area contributed by atoms with E-state index in [4.69, 9.17) is 4.74 Å². The number of carbonyl (C=O) groups is 3. The molecular weight excluding hydrogens is 316 g/mol. The van der Waals surface area contributed by atoms with E-state index in [9.17, 15) is 24.6 Å². The van der Waals surface area contributed by atoms with E-state index < -0.39 is 41.8 Å². The van der Waals surface area contributed by atoms with Crippen molar-refractivity contribution in [3.05, 3.63) is 0 Å². The standard InChI is InChI=1S/C16H26N2O6/c1-16(2,3)24-15(23)17-11-8-10(19)6-4-9-5-7-12(14(21)22)18(9)13(11)20/h9-12,19H,4-8H2,1-3H3,(H,17,23)(H,21,22)/t9-,10?,11-,12-/m0/s1. The number of carboxylic acids is 1. The second-order valence-corrected chi connectivity index (χ2v) is 7.50. The molecule has 2 aliphatic heterocycles. The molecule has 0 aromatic carbocycles. The van der Waals surface area contributed by atoms with Crippen LogP contribution in [0.2, 0.25) is 0 Å². The van der Waals surface area contributed by atoms with Crippen molar-refractivity contribution in [2.45, 2.75) is 82.7 Å². The number of ether oxygens (including phenoxy) is 1. The lowest BCUT2D eigenvalue weighted by molar-refractivity contribution is -0.151. The summed E-state index contributed by atoms with van der Waals surface area (Å²) in [5.74, 6) is -1.50. The molecule has 8 nitrogen and oxygen atoms in total. The average molecular weight is 342 g/mol. The Hall–Kier alpha value is -1.83. The van der Waals surface area contributed by atoms with Crippen LogP contribution in [0.25, 0.3) is 0 Å². The Kier molecular flexibility index (Phi) is 5.37. The van der Waals surface area contributed by atoms with Gasteiger partial charge in [0.2, 0.25) is 5.91 Å². The Labute approximate surface area is 141 Å². The Morgan fingerprint density at radius 3 is 2.42 bits per heavy atom. The van der Waals surface area contributed by atoms with E-state index >= 15 is 0 Å². The first-order valence-corrected chi connectivity index (χ1v) is 8.31. The maximum Gasteiger partial charge on any atom is 0.408 e. The first-order chi connectivity index (χ1) is 11.1. The highest BCUT2D eigenvalue weighted by molar-refractivity contribution is 5.90. The van der Waals surface area contributed by atoms with Crippen molar-refractivity contribution >= 4 is 18.0 Å². The normalized spacial score (nSPS) is 31.0. The molecular formula is C16H26N2O6. The van der Waals surface area contributed by atoms with Gasteiger partial charge in [-0.15, -0.1) is 0 Å². The topological polar surface area (TPSA) is 116 Å². The van der Waals surface area contributed by atoms with E-state index in [1.807, 2.05) is 0 Å². The molecule has 0 aliphatic carbocycles. The van der Waals surface area contributed by atoms with E-state index in [1.165, 1.54) is 4.90 Å². The first kappa shape index (κ1) is 18.5. The summed E-state index contributed by atoms with van der Waals surface area (Å²) in [6.07, 6.45) is 0.586. The second kappa shape index (κ2) is 6.96. The molecule has 2 fully saturated rings. The van der Waals surface area contributed by atoms with E-state index in [0.717, 1.165) is 0 Å². The quantitative estimate of drug-likeness (QED) is 0.686. The molecule has 0 aromatic rings. The van der Waals surface area contributed by atoms with Crippen molar-refractivity contribution in [3.8, 4) is 0 Å². The minimum absolute atomic E-state index is 0.0492. The minimum Gasteiger partial charge on any atom is -0.480 e. The van der Waals surface area contributed by atoms with Crippen LogP contribution in [0.1, 0.15) is 52.9 Å². The van der Waals surface area contributed by atoms with E-state index in [1.54, 1.807) is 20.8 Å². The summed E-state index contributed by atoms with van der Waals surface area (Å²) in [7, 11) is 0. The van der Waals surface area contributed by atoms with Gasteiger partial charge in [-0.25, -0.2) is 9.59 Å². The summed E-state index contributed by atoms with van der Waals surface area (Å²) in [6.45, 7) is 5.12. The molecule has 2 rings (SSSR count). The number of aliphatic hydroxyl groups excluding tert-OH is 1. The van der Waals surface area contributed by atoms with E-state index in [2.05, 4.69) is 5.32 Å². The van der Waals surface area contributed by atoms with Crippen molar-refractivity contribution in [1.29, 1.82) is 0 Å². The number of nitrogens with one attached hydrogen (secondary N) is 1. The molecule has 2 saturated heterocycles. The SMILES string of the molecule is CC(C)(C)OC(=O)N[C@H]1CC(O)CC[C@H]2CC[C@@H](C(=O)O)N2C1=O. The van der Waals surface area contributed by atoms with E-state index in [-0.39, 0.29) is 12.5 Å². The largest absolute Gasteiger partial charge is 0.480 e. The highest BCUT2D eigenvalue weighted by atomic mass is 16.6. The average Bonchev–Trinajstić information content (AvgIpc) is 2.84. The van der Waals surface area contributed by atoms with Gasteiger partial charge in [0, 0.05) is 12.5 Å². The number of carboxylic acid groups (broad SMARTS) is 1. The fourth-order valence-corrected chi connectivity index (χ4v) is 3.37. The zero-order valence-corrected chi connectivity index (χ0v) is 14.3. The molecule has 0 spiro atoms. The third-order valence-electron chi connectivity index (χ3n) is 4.37. The second-order valence-electron chi connectivity index (χ2n) is 7.50. The van der Waals surface area contributed by atoms with Gasteiger partial charge in [0.05, 0.1) is 6.10 Å². The lowest BCUT2D eigenvalue weighted by Crippen LogP contribution is -2.56. The summed E-state index contributed by atoms with van der Waals surface area (Å²) in [5, 5.41) is 21.9. The number of amides is 2. The third-order valence-corrected chi connectivity index (χ3v) is 4.37. The van der Waals surface area contributed by atoms with Gasteiger partial charge in [0.25, 0.3) is 0 Å². The highest BCUT2D eigenvalue weighted by Crippen LogP contribution is 2.31. The summed E-state index contributed by atoms with van der Waals surface area (Å²) in [6, 6.07) is -2.07. The molecule has 2 heterocycles. The molecule has 1 unspecified atom stereocenters. The van der Waals surface area contributed by atoms with Crippen LogP contribution < -0.4 is 5.32 Å². The van der Waals surface area contributed by atoms with Crippen LogP contribution in [0.3, 0.4) is 0 Å². The molecule has 136 valence electrons. The van der Waals surface area contributed by atoms with E-state index in [0.29, 0.717) is 25.7 Å². The Balaban J connectivity index is 2.17. The fourth-order valence-electron chi connectivity index (χ4n) is 3.37. The molecule has 2 aliphatic rings. The first-order valence-electron chi connectivity index (χ1n) is 8.31. The Morgan fingerprint density at radius 2 is 1.83 bits per heavy atom. The van der Waals surface area contributed by atoms with Crippen LogP contribution in [-0.4, -0.2) is 62.9 Å². The van der Waals surface area contributed by atoms with Crippen molar-refractivity contribution in [2.24, 2.45) is 0 Å². The van der Waals surface area contributed by atoms with Gasteiger partial charge >= 0.3 is 12.1 Å². The number of rotatable bonds is 2. The van der Waals surface area contributed by atoms with Gasteiger partial charge in [-0.1, -0.05) is 0 Å². The maximum atomic E-state index is 12.8. The van der Waals surface area contributed by atoms with Gasteiger partial charge in [-0.05, 0) is 46.5 Å². The molecule has 0 saturated carbocycles. The third kappa shape index (κ3) is 4.37. The maximum absolute atomic E-state index is 12.8. The predicted octanol–water partition coefficient (Wildman–Crippen LogP) is 0.869. The van der Waals surface area contributed by atoms with Crippen molar-refractivity contribution in [1.82, 2.24) is 10.2 Å². The number of fused-ring (bicyclic) bond motifs is 1. The summed E-state index contributed by atoms with van der Waals surface area (Å²) >= 11 is 0. The lowest BCUT2D eigenvalue weighted by atomic mass is 9.97. The van der Waals surface area contributed by atoms with Crippen LogP contribution in [0.4, 0.5) is 4.79 Å². The summed E-state index contributed by atoms with van der Waals surface area (Å²) in [5.41, 5.74) is -0.715. The smallest absolute Gasteiger partial charge is 0.408 e. The molecule has 3 N–H and O–H groups in total. The zero-order chi connectivity index (χ0) is 18.1. The molecule has 4 atom stereocenters. The van der Waals surface area contributed by atoms with Gasteiger partial charge in [-0.2, -0.15) is 0 Å². The van der Waals surface area contributed by atoms with Crippen molar-refractivity contribution in [2.75, 3.05) is 0 Å². The Bertz CT molecular complexity index is 515. The van der Waals surface area contributed by atoms with Crippen molar-refractivity contribution < 1.29 is 29.3 Å². The van der Waals surface area contributed by atoms with Gasteiger partial charge in [0.1, 0.15) is 17.7 Å². The minimum atomic E-state index is -1.04. The highest BCUT2D eigenvalue weighted by Gasteiger charge is 2.45. The number of hydrogen-bond donors (Lipinski definition) is 3. The predicted molar refractivity (Wildman–Crippen MR) is 84.3 cm³/mol. The number of alkyl carbamates (subject to hydrolysis) is 1. The van der Waals surface area contributed by atoms with Crippen LogP contribution in [-0.2, 0) is 14.3 Å². The van der Waals surface area contributed by atoms with Crippen LogP contribution in [0.5, 0.6) is 0 Å². The molecule has 2 amide bonds. The monoisotopic (exact) mass is 342 g/mol. The lowest BCUT2D eigenvalue weighted by Gasteiger charge is -2.35. The Morgan fingerprint density at radius 1 is 1.21 bits per heavy atom. The molecule has 8 heteroatoms. The number of carbonyl (C=O) groups excluding carboxylic acids is 2.